The number of hydrogen-bond acceptors (Lipinski definition) is 1. The molecule has 0 bridgehead atoms. The summed E-state index contributed by atoms with van der Waals surface area (Å²) in [6.07, 6.45) is 0.0347. The van der Waals surface area contributed by atoms with Gasteiger partial charge in [0.05, 0.1) is 0 Å². The molecule has 0 amide bonds. The highest BCUT2D eigenvalue weighted by Gasteiger charge is 2.34. The van der Waals surface area contributed by atoms with E-state index in [0.717, 1.165) is 24.8 Å². The number of aryl methyl sites for hydroxylation is 2. The number of alkyl halides is 3. The van der Waals surface area contributed by atoms with E-state index < -0.39 is 29.6 Å². The minimum Gasteiger partial charge on any atom is -0.399 e. The van der Waals surface area contributed by atoms with Gasteiger partial charge in [-0.3, -0.25) is 0 Å². The fourth-order valence-electron chi connectivity index (χ4n) is 4.23. The molecular formula is C27H21F7O. The molecule has 0 aliphatic heterocycles. The maximum Gasteiger partial charge on any atom is 0.573 e. The molecule has 0 spiro atoms. The minimum atomic E-state index is -5.28. The van der Waals surface area contributed by atoms with Crippen molar-refractivity contribution in [3.63, 3.8) is 0 Å². The van der Waals surface area contributed by atoms with Gasteiger partial charge in [0.25, 0.3) is 0 Å². The van der Waals surface area contributed by atoms with Crippen LogP contribution in [0.3, 0.4) is 0 Å². The van der Waals surface area contributed by atoms with Gasteiger partial charge in [0, 0.05) is 11.1 Å². The first kappa shape index (κ1) is 24.8. The molecule has 0 saturated carbocycles. The second-order valence-corrected chi connectivity index (χ2v) is 8.44. The number of hydrogen-bond donors (Lipinski definition) is 0. The Bertz CT molecular complexity index is 1270. The summed E-state index contributed by atoms with van der Waals surface area (Å²) in [6.45, 7) is 2.06. The number of benzene rings is 3. The van der Waals surface area contributed by atoms with Crippen LogP contribution < -0.4 is 4.74 Å². The Morgan fingerprint density at radius 1 is 0.800 bits per heavy atom. The molecule has 0 fully saturated rings. The smallest absolute Gasteiger partial charge is 0.399 e. The van der Waals surface area contributed by atoms with Crippen molar-refractivity contribution >= 4 is 11.6 Å². The first-order chi connectivity index (χ1) is 16.6. The third-order valence-corrected chi connectivity index (χ3v) is 5.95. The molecule has 184 valence electrons. The maximum atomic E-state index is 14.9. The third-order valence-electron chi connectivity index (χ3n) is 5.95. The van der Waals surface area contributed by atoms with Gasteiger partial charge >= 0.3 is 6.36 Å². The van der Waals surface area contributed by atoms with Crippen molar-refractivity contribution in [2.75, 3.05) is 0 Å². The van der Waals surface area contributed by atoms with Crippen LogP contribution in [-0.4, -0.2) is 6.36 Å². The molecule has 0 atom stereocenters. The molecule has 3 aromatic carbocycles. The monoisotopic (exact) mass is 494 g/mol. The summed E-state index contributed by atoms with van der Waals surface area (Å²) in [6, 6.07) is 8.87. The van der Waals surface area contributed by atoms with Crippen LogP contribution in [0.2, 0.25) is 0 Å². The zero-order valence-electron chi connectivity index (χ0n) is 18.7. The molecule has 0 unspecified atom stereocenters. The second-order valence-electron chi connectivity index (χ2n) is 8.44. The van der Waals surface area contributed by atoms with E-state index >= 15 is 0 Å². The van der Waals surface area contributed by atoms with Crippen molar-refractivity contribution in [2.24, 2.45) is 0 Å². The van der Waals surface area contributed by atoms with Crippen molar-refractivity contribution in [3.8, 4) is 16.9 Å². The molecule has 3 aromatic rings. The lowest BCUT2D eigenvalue weighted by atomic mass is 9.86. The number of halogens is 7. The highest BCUT2D eigenvalue weighted by Crippen LogP contribution is 2.38. The predicted octanol–water partition coefficient (Wildman–Crippen LogP) is 8.64. The van der Waals surface area contributed by atoms with Crippen molar-refractivity contribution in [1.82, 2.24) is 0 Å². The number of unbranched alkanes of at least 4 members (excludes halogenated alkanes) is 1. The number of ether oxygens (including phenoxy) is 1. The van der Waals surface area contributed by atoms with Crippen molar-refractivity contribution in [1.29, 1.82) is 0 Å². The zero-order valence-corrected chi connectivity index (χ0v) is 18.7. The maximum absolute atomic E-state index is 14.9. The SMILES string of the molecule is CCCCc1ccc(C2=Cc3cc(F)c(-c4cc(F)c(OC(F)(F)F)c(F)c4)cc3CC2)c(F)c1. The summed E-state index contributed by atoms with van der Waals surface area (Å²) >= 11 is 0. The van der Waals surface area contributed by atoms with Crippen LogP contribution in [0.15, 0.2) is 42.5 Å². The molecule has 4 rings (SSSR count). The molecule has 0 saturated heterocycles. The van der Waals surface area contributed by atoms with Crippen LogP contribution in [0.1, 0.15) is 48.4 Å². The van der Waals surface area contributed by atoms with Gasteiger partial charge in [0.1, 0.15) is 11.6 Å². The van der Waals surface area contributed by atoms with E-state index in [1.54, 1.807) is 12.1 Å². The Hall–Kier alpha value is -3.29. The Balaban J connectivity index is 1.66. The van der Waals surface area contributed by atoms with Crippen LogP contribution in [0.5, 0.6) is 5.75 Å². The summed E-state index contributed by atoms with van der Waals surface area (Å²) in [5, 5.41) is 0. The van der Waals surface area contributed by atoms with E-state index in [-0.39, 0.29) is 16.9 Å². The summed E-state index contributed by atoms with van der Waals surface area (Å²) in [5.74, 6) is -5.98. The molecular weight excluding hydrogens is 473 g/mol. The normalized spacial score (nSPS) is 13.4. The fraction of sp³-hybridized carbons (Fsp3) is 0.259. The van der Waals surface area contributed by atoms with Gasteiger partial charge in [0.15, 0.2) is 11.6 Å². The zero-order chi connectivity index (χ0) is 25.3. The molecule has 0 heterocycles. The summed E-state index contributed by atoms with van der Waals surface area (Å²) in [7, 11) is 0. The second kappa shape index (κ2) is 9.76. The average Bonchev–Trinajstić information content (AvgIpc) is 2.78. The Morgan fingerprint density at radius 3 is 2.11 bits per heavy atom. The van der Waals surface area contributed by atoms with E-state index in [2.05, 4.69) is 11.7 Å². The van der Waals surface area contributed by atoms with Gasteiger partial charge in [-0.1, -0.05) is 31.6 Å². The summed E-state index contributed by atoms with van der Waals surface area (Å²) < 4.78 is 98.5. The number of rotatable bonds is 6. The van der Waals surface area contributed by atoms with Gasteiger partial charge in [-0.15, -0.1) is 13.2 Å². The number of fused-ring (bicyclic) bond motifs is 1. The lowest BCUT2D eigenvalue weighted by Crippen LogP contribution is -2.19. The predicted molar refractivity (Wildman–Crippen MR) is 120 cm³/mol. The van der Waals surface area contributed by atoms with Crippen LogP contribution in [0, 0.1) is 23.3 Å². The highest BCUT2D eigenvalue weighted by atomic mass is 19.4. The van der Waals surface area contributed by atoms with Gasteiger partial charge in [-0.05, 0) is 83.8 Å². The molecule has 1 aliphatic rings. The van der Waals surface area contributed by atoms with Gasteiger partial charge in [-0.2, -0.15) is 0 Å². The topological polar surface area (TPSA) is 9.23 Å². The average molecular weight is 494 g/mol. The minimum absolute atomic E-state index is 0.164. The van der Waals surface area contributed by atoms with E-state index in [0.29, 0.717) is 47.2 Å². The van der Waals surface area contributed by atoms with Crippen LogP contribution in [-0.2, 0) is 12.8 Å². The van der Waals surface area contributed by atoms with E-state index in [1.165, 1.54) is 18.2 Å². The van der Waals surface area contributed by atoms with Crippen LogP contribution in [0.4, 0.5) is 30.7 Å². The van der Waals surface area contributed by atoms with Crippen molar-refractivity contribution in [3.05, 3.63) is 88.0 Å². The van der Waals surface area contributed by atoms with Gasteiger partial charge < -0.3 is 4.74 Å². The third kappa shape index (κ3) is 5.52. The summed E-state index contributed by atoms with van der Waals surface area (Å²) in [5.41, 5.74) is 2.79. The standard InChI is InChI=1S/C27H21F7O/c1-2-3-4-15-5-8-20(22(28)9-15)17-7-6-16-11-21(23(29)12-18(16)10-17)19-13-24(30)26(25(31)14-19)35-27(32,33)34/h5,8-14H,2-4,6-7H2,1H3. The molecule has 0 N–H and O–H groups in total. The largest absolute Gasteiger partial charge is 0.573 e. The van der Waals surface area contributed by atoms with Crippen LogP contribution >= 0.6 is 0 Å². The molecule has 1 aliphatic carbocycles. The molecule has 35 heavy (non-hydrogen) atoms. The molecule has 0 aromatic heterocycles. The summed E-state index contributed by atoms with van der Waals surface area (Å²) in [4.78, 5) is 0. The highest BCUT2D eigenvalue weighted by molar-refractivity contribution is 5.85. The molecule has 1 nitrogen and oxygen atoms in total. The fourth-order valence-corrected chi connectivity index (χ4v) is 4.23. The molecule has 8 heteroatoms. The quantitative estimate of drug-likeness (QED) is 0.312. The van der Waals surface area contributed by atoms with Crippen molar-refractivity contribution < 1.29 is 35.5 Å². The Labute approximate surface area is 197 Å². The first-order valence-electron chi connectivity index (χ1n) is 11.1. The van der Waals surface area contributed by atoms with E-state index in [4.69, 9.17) is 0 Å². The number of allylic oxidation sites excluding steroid dienone is 1. The van der Waals surface area contributed by atoms with Crippen LogP contribution in [0.25, 0.3) is 22.8 Å². The van der Waals surface area contributed by atoms with Gasteiger partial charge in [0.2, 0.25) is 5.75 Å². The lowest BCUT2D eigenvalue weighted by Gasteiger charge is -2.19. The Kier molecular flexibility index (Phi) is 6.92. The van der Waals surface area contributed by atoms with E-state index in [9.17, 15) is 30.7 Å². The van der Waals surface area contributed by atoms with Gasteiger partial charge in [-0.25, -0.2) is 17.6 Å². The van der Waals surface area contributed by atoms with Crippen molar-refractivity contribution in [2.45, 2.75) is 45.4 Å². The Morgan fingerprint density at radius 2 is 1.49 bits per heavy atom. The first-order valence-corrected chi connectivity index (χ1v) is 11.1. The van der Waals surface area contributed by atoms with E-state index in [1.807, 2.05) is 6.07 Å². The lowest BCUT2D eigenvalue weighted by molar-refractivity contribution is -0.276. The molecule has 0 radical (unpaired) electrons.